The lowest BCUT2D eigenvalue weighted by Crippen LogP contribution is -2.52. The summed E-state index contributed by atoms with van der Waals surface area (Å²) in [5, 5.41) is 12.3. The average Bonchev–Trinajstić information content (AvgIpc) is 3.15. The van der Waals surface area contributed by atoms with Gasteiger partial charge >= 0.3 is 6.16 Å². The summed E-state index contributed by atoms with van der Waals surface area (Å²) < 4.78 is 10.1. The molecule has 198 valence electrons. The molecule has 0 heterocycles. The maximum absolute atomic E-state index is 12.3. The number of rotatable bonds is 7. The fourth-order valence-corrected chi connectivity index (χ4v) is 9.23. The van der Waals surface area contributed by atoms with Gasteiger partial charge in [-0.15, -0.1) is 0 Å². The molecule has 0 spiro atoms. The first-order chi connectivity index (χ1) is 16.5. The van der Waals surface area contributed by atoms with Gasteiger partial charge in [-0.25, -0.2) is 4.79 Å². The zero-order valence-corrected chi connectivity index (χ0v) is 22.8. The summed E-state index contributed by atoms with van der Waals surface area (Å²) in [6.07, 6.45) is 10.5. The third kappa shape index (κ3) is 4.75. The van der Waals surface area contributed by atoms with Crippen LogP contribution in [0, 0.1) is 56.5 Å². The molecule has 0 aromatic rings. The van der Waals surface area contributed by atoms with Crippen LogP contribution in [0.5, 0.6) is 0 Å². The highest BCUT2D eigenvalue weighted by atomic mass is 16.7. The highest BCUT2D eigenvalue weighted by molar-refractivity contribution is 5.60. The van der Waals surface area contributed by atoms with E-state index in [9.17, 15) is 14.9 Å². The molecular weight excluding hydrogens is 442 g/mol. The van der Waals surface area contributed by atoms with Crippen molar-refractivity contribution < 1.29 is 19.2 Å². The van der Waals surface area contributed by atoms with Gasteiger partial charge in [-0.05, 0) is 84.9 Å². The second-order valence-corrected chi connectivity index (χ2v) is 13.1. The lowest BCUT2D eigenvalue weighted by Gasteiger charge is -2.58. The summed E-state index contributed by atoms with van der Waals surface area (Å²) in [7, 11) is 1.31. The van der Waals surface area contributed by atoms with E-state index in [1.807, 2.05) is 0 Å². The molecular formula is C29H47NO5. The zero-order chi connectivity index (χ0) is 25.5. The number of ether oxygens (including phenoxy) is 2. The zero-order valence-electron chi connectivity index (χ0n) is 22.8. The maximum atomic E-state index is 12.3. The van der Waals surface area contributed by atoms with Crippen molar-refractivity contribution >= 4 is 6.16 Å². The van der Waals surface area contributed by atoms with Gasteiger partial charge in [0.25, 0.3) is 0 Å². The number of nitrogens with zero attached hydrogens (tertiary/aromatic N) is 1. The summed E-state index contributed by atoms with van der Waals surface area (Å²) in [5.41, 5.74) is 1.51. The van der Waals surface area contributed by atoms with E-state index in [1.54, 1.807) is 0 Å². The summed E-state index contributed by atoms with van der Waals surface area (Å²) in [4.78, 5) is 23.9. The highest BCUT2D eigenvalue weighted by Gasteiger charge is 2.61. The van der Waals surface area contributed by atoms with Crippen molar-refractivity contribution in [2.24, 2.45) is 46.3 Å². The van der Waals surface area contributed by atoms with E-state index in [2.05, 4.69) is 39.4 Å². The van der Waals surface area contributed by atoms with Gasteiger partial charge in [0.15, 0.2) is 0 Å². The summed E-state index contributed by atoms with van der Waals surface area (Å²) in [5.74, 6) is 3.70. The van der Waals surface area contributed by atoms with Crippen molar-refractivity contribution in [3.8, 4) is 0 Å². The van der Waals surface area contributed by atoms with Crippen LogP contribution < -0.4 is 0 Å². The molecule has 0 saturated heterocycles. The number of allylic oxidation sites excluding steroid dienone is 1. The van der Waals surface area contributed by atoms with Crippen LogP contribution in [-0.2, 0) is 9.47 Å². The molecule has 35 heavy (non-hydrogen) atoms. The van der Waals surface area contributed by atoms with Crippen molar-refractivity contribution in [2.45, 2.75) is 111 Å². The van der Waals surface area contributed by atoms with E-state index in [-0.39, 0.29) is 16.4 Å². The molecule has 0 bridgehead atoms. The van der Waals surface area contributed by atoms with E-state index < -0.39 is 6.16 Å². The first kappa shape index (κ1) is 26.5. The van der Waals surface area contributed by atoms with Crippen LogP contribution in [-0.4, -0.2) is 24.3 Å². The Balaban J connectivity index is 1.57. The van der Waals surface area contributed by atoms with Crippen LogP contribution in [0.1, 0.15) is 105 Å². The molecule has 4 rings (SSSR count). The lowest BCUT2D eigenvalue weighted by atomic mass is 9.46. The Morgan fingerprint density at radius 3 is 2.46 bits per heavy atom. The number of hydrogen-bond donors (Lipinski definition) is 0. The summed E-state index contributed by atoms with van der Waals surface area (Å²) >= 11 is 0. The molecule has 4 aliphatic carbocycles. The molecule has 0 N–H and O–H groups in total. The maximum Gasteiger partial charge on any atom is 0.508 e. The number of hydrogen-bond acceptors (Lipinski definition) is 5. The number of carbonyl (C=O) groups excluding carboxylic acids is 1. The number of carbonyl (C=O) groups is 1. The van der Waals surface area contributed by atoms with Gasteiger partial charge in [-0.1, -0.05) is 53.9 Å². The molecule has 3 fully saturated rings. The van der Waals surface area contributed by atoms with Gasteiger partial charge < -0.3 is 9.47 Å². The first-order valence-corrected chi connectivity index (χ1v) is 14.1. The molecule has 6 heteroatoms. The minimum Gasteiger partial charge on any atom is -0.438 e. The van der Waals surface area contributed by atoms with Crippen molar-refractivity contribution in [3.05, 3.63) is 21.4 Å². The van der Waals surface area contributed by atoms with Gasteiger partial charge in [0, 0.05) is 18.4 Å². The lowest BCUT2D eigenvalue weighted by molar-refractivity contribution is -0.434. The average molecular weight is 490 g/mol. The van der Waals surface area contributed by atoms with Crippen molar-refractivity contribution in [1.82, 2.24) is 0 Å². The minimum absolute atomic E-state index is 0.114. The molecule has 0 aliphatic heterocycles. The second-order valence-electron chi connectivity index (χ2n) is 13.1. The fourth-order valence-electron chi connectivity index (χ4n) is 9.23. The topological polar surface area (TPSA) is 78.7 Å². The van der Waals surface area contributed by atoms with E-state index in [0.29, 0.717) is 41.7 Å². The Bertz CT molecular complexity index is 852. The van der Waals surface area contributed by atoms with E-state index in [4.69, 9.17) is 4.74 Å². The summed E-state index contributed by atoms with van der Waals surface area (Å²) in [6.45, 7) is 11.9. The number of nitro groups is 1. The van der Waals surface area contributed by atoms with Crippen LogP contribution in [0.15, 0.2) is 11.3 Å². The van der Waals surface area contributed by atoms with Crippen molar-refractivity contribution in [1.29, 1.82) is 0 Å². The molecule has 0 unspecified atom stereocenters. The Morgan fingerprint density at radius 1 is 1.06 bits per heavy atom. The number of methoxy groups -OCH3 is 1. The molecule has 0 radical (unpaired) electrons. The van der Waals surface area contributed by atoms with E-state index in [0.717, 1.165) is 36.2 Å². The molecule has 4 aliphatic rings. The van der Waals surface area contributed by atoms with Crippen molar-refractivity contribution in [2.75, 3.05) is 7.11 Å². The monoisotopic (exact) mass is 489 g/mol. The fraction of sp³-hybridized carbons (Fsp3) is 0.897. The van der Waals surface area contributed by atoms with E-state index in [1.165, 1.54) is 52.1 Å². The van der Waals surface area contributed by atoms with Gasteiger partial charge in [-0.2, -0.15) is 0 Å². The normalized spacial score (nSPS) is 39.5. The minimum atomic E-state index is -0.691. The molecule has 0 aromatic heterocycles. The summed E-state index contributed by atoms with van der Waals surface area (Å²) in [6, 6.07) is 0. The van der Waals surface area contributed by atoms with E-state index >= 15 is 0 Å². The van der Waals surface area contributed by atoms with Gasteiger partial charge in [0.05, 0.1) is 12.0 Å². The van der Waals surface area contributed by atoms with Gasteiger partial charge in [0.2, 0.25) is 5.70 Å². The van der Waals surface area contributed by atoms with Crippen LogP contribution in [0.25, 0.3) is 0 Å². The second kappa shape index (κ2) is 10.0. The predicted molar refractivity (Wildman–Crippen MR) is 136 cm³/mol. The SMILES string of the molecule is COC(=O)O[C@@H]1CC[C@]2(C)C(=C([N+](=O)[O-])C[C@H]3[C@@H]4CC[C@H]([C@@H](C)CCCC(C)C)[C@@]4(C)CC[C@@H]32)C1. The standard InChI is InChI=1S/C29H47NO5/c1-18(2)8-7-9-19(3)22-10-11-23-21-17-26(30(32)33)25-16-20(35-27(31)34-6)12-14-29(25,5)24(21)13-15-28(22,23)4/h18-24H,7-17H2,1-6H3/t19-,20+,21-,22+,23-,24-,28+,29-/m0/s1. The molecule has 0 amide bonds. The smallest absolute Gasteiger partial charge is 0.438 e. The Labute approximate surface area is 211 Å². The molecule has 0 aromatic carbocycles. The molecule has 3 saturated carbocycles. The first-order valence-electron chi connectivity index (χ1n) is 14.1. The molecule has 6 nitrogen and oxygen atoms in total. The predicted octanol–water partition coefficient (Wildman–Crippen LogP) is 7.78. The largest absolute Gasteiger partial charge is 0.508 e. The van der Waals surface area contributed by atoms with Crippen LogP contribution in [0.2, 0.25) is 0 Å². The number of fused-ring (bicyclic) bond motifs is 5. The highest BCUT2D eigenvalue weighted by Crippen LogP contribution is 2.68. The van der Waals surface area contributed by atoms with Crippen LogP contribution in [0.4, 0.5) is 4.79 Å². The quantitative estimate of drug-likeness (QED) is 0.207. The van der Waals surface area contributed by atoms with Gasteiger partial charge in [-0.3, -0.25) is 10.1 Å². The van der Waals surface area contributed by atoms with Crippen LogP contribution in [0.3, 0.4) is 0 Å². The Kier molecular flexibility index (Phi) is 7.60. The van der Waals surface area contributed by atoms with Crippen LogP contribution >= 0.6 is 0 Å². The third-order valence-corrected chi connectivity index (χ3v) is 11.0. The third-order valence-electron chi connectivity index (χ3n) is 11.0. The Morgan fingerprint density at radius 2 is 1.80 bits per heavy atom. The van der Waals surface area contributed by atoms with Crippen molar-refractivity contribution in [3.63, 3.8) is 0 Å². The molecule has 8 atom stereocenters. The Hall–Kier alpha value is -1.59. The van der Waals surface area contributed by atoms with Gasteiger partial charge in [0.1, 0.15) is 6.10 Å².